The van der Waals surface area contributed by atoms with Gasteiger partial charge in [-0.1, -0.05) is 42.8 Å². The Morgan fingerprint density at radius 1 is 1.07 bits per heavy atom. The van der Waals surface area contributed by atoms with Crippen LogP contribution in [0, 0.1) is 6.92 Å². The molecule has 1 aromatic heterocycles. The lowest BCUT2D eigenvalue weighted by atomic mass is 10.1. The van der Waals surface area contributed by atoms with Crippen LogP contribution in [0.1, 0.15) is 23.6 Å². The van der Waals surface area contributed by atoms with Crippen molar-refractivity contribution < 1.29 is 0 Å². The highest BCUT2D eigenvalue weighted by molar-refractivity contribution is 5.79. The van der Waals surface area contributed by atoms with Crippen molar-refractivity contribution in [2.75, 3.05) is 51.7 Å². The van der Waals surface area contributed by atoms with E-state index in [1.54, 1.807) is 0 Å². The summed E-state index contributed by atoms with van der Waals surface area (Å²) in [5.74, 6) is 1.95. The Kier molecular flexibility index (Phi) is 7.47. The predicted octanol–water partition coefficient (Wildman–Crippen LogP) is 2.74. The number of likely N-dealkylation sites (N-methyl/N-ethyl adjacent to an activating group) is 1. The summed E-state index contributed by atoms with van der Waals surface area (Å²) in [6.07, 6.45) is 1.97. The second kappa shape index (κ2) is 10.3. The number of aromatic nitrogens is 1. The summed E-state index contributed by atoms with van der Waals surface area (Å²) < 4.78 is 0. The molecule has 0 spiro atoms. The first kappa shape index (κ1) is 21.1. The van der Waals surface area contributed by atoms with Crippen LogP contribution in [0.15, 0.2) is 47.6 Å². The van der Waals surface area contributed by atoms with Crippen LogP contribution < -0.4 is 10.2 Å². The largest absolute Gasteiger partial charge is 0.354 e. The highest BCUT2D eigenvalue weighted by atomic mass is 15.3. The van der Waals surface area contributed by atoms with Crippen molar-refractivity contribution in [3.8, 4) is 0 Å². The van der Waals surface area contributed by atoms with Crippen LogP contribution in [0.5, 0.6) is 0 Å². The number of guanidine groups is 1. The quantitative estimate of drug-likeness (QED) is 0.603. The van der Waals surface area contributed by atoms with E-state index in [0.717, 1.165) is 56.6 Å². The fourth-order valence-electron chi connectivity index (χ4n) is 3.61. The molecule has 1 aliphatic rings. The zero-order chi connectivity index (χ0) is 20.6. The maximum atomic E-state index is 4.69. The van der Waals surface area contributed by atoms with Crippen LogP contribution in [-0.4, -0.2) is 67.6 Å². The molecule has 2 heterocycles. The first-order valence-electron chi connectivity index (χ1n) is 10.5. The van der Waals surface area contributed by atoms with Gasteiger partial charge in [0.2, 0.25) is 0 Å². The lowest BCUT2D eigenvalue weighted by Crippen LogP contribution is -2.46. The number of anilines is 1. The molecule has 0 bridgehead atoms. The van der Waals surface area contributed by atoms with Gasteiger partial charge in [-0.25, -0.2) is 4.98 Å². The van der Waals surface area contributed by atoms with Gasteiger partial charge >= 0.3 is 0 Å². The molecule has 1 fully saturated rings. The highest BCUT2D eigenvalue weighted by Crippen LogP contribution is 2.14. The van der Waals surface area contributed by atoms with E-state index in [-0.39, 0.29) is 0 Å². The zero-order valence-corrected chi connectivity index (χ0v) is 18.2. The molecular formula is C23H34N6. The summed E-state index contributed by atoms with van der Waals surface area (Å²) in [5, 5.41) is 3.45. The van der Waals surface area contributed by atoms with Gasteiger partial charge in [-0.15, -0.1) is 0 Å². The first-order chi connectivity index (χ1) is 14.1. The summed E-state index contributed by atoms with van der Waals surface area (Å²) >= 11 is 0. The Morgan fingerprint density at radius 3 is 2.34 bits per heavy atom. The van der Waals surface area contributed by atoms with Crippen molar-refractivity contribution in [3.05, 3.63) is 59.3 Å². The van der Waals surface area contributed by atoms with Crippen LogP contribution in [0.25, 0.3) is 0 Å². The molecule has 1 aliphatic heterocycles. The minimum atomic E-state index is 0.710. The number of benzene rings is 1. The molecule has 0 aliphatic carbocycles. The monoisotopic (exact) mass is 394 g/mol. The van der Waals surface area contributed by atoms with E-state index >= 15 is 0 Å². The van der Waals surface area contributed by atoms with E-state index in [4.69, 9.17) is 4.98 Å². The fourth-order valence-corrected chi connectivity index (χ4v) is 3.61. The van der Waals surface area contributed by atoms with Gasteiger partial charge in [-0.05, 0) is 30.7 Å². The molecule has 6 heteroatoms. The Bertz CT molecular complexity index is 776. The van der Waals surface area contributed by atoms with Crippen LogP contribution in [0.3, 0.4) is 0 Å². The summed E-state index contributed by atoms with van der Waals surface area (Å²) in [6.45, 7) is 11.3. The third kappa shape index (κ3) is 5.94. The lowest BCUT2D eigenvalue weighted by Gasteiger charge is -2.34. The molecule has 3 rings (SSSR count). The van der Waals surface area contributed by atoms with E-state index in [1.165, 1.54) is 11.1 Å². The molecule has 2 aromatic rings. The third-order valence-electron chi connectivity index (χ3n) is 5.52. The second-order valence-electron chi connectivity index (χ2n) is 7.69. The molecule has 1 saturated heterocycles. The van der Waals surface area contributed by atoms with Crippen molar-refractivity contribution in [3.63, 3.8) is 0 Å². The normalized spacial score (nSPS) is 15.4. The Balaban J connectivity index is 1.51. The lowest BCUT2D eigenvalue weighted by molar-refractivity contribution is 0.270. The zero-order valence-electron chi connectivity index (χ0n) is 18.2. The summed E-state index contributed by atoms with van der Waals surface area (Å²) in [6, 6.07) is 12.9. The molecule has 1 N–H and O–H groups in total. The van der Waals surface area contributed by atoms with E-state index in [1.807, 2.05) is 13.2 Å². The SMILES string of the molecule is CCN1CCN(c2ccc(CNC(=NC)N(C)Cc3ccc(C)cc3)cn2)CC1. The van der Waals surface area contributed by atoms with Crippen molar-refractivity contribution in [2.24, 2.45) is 4.99 Å². The smallest absolute Gasteiger partial charge is 0.193 e. The summed E-state index contributed by atoms with van der Waals surface area (Å²) in [5.41, 5.74) is 3.71. The van der Waals surface area contributed by atoms with Gasteiger partial charge in [0.15, 0.2) is 5.96 Å². The van der Waals surface area contributed by atoms with E-state index in [9.17, 15) is 0 Å². The van der Waals surface area contributed by atoms with Crippen molar-refractivity contribution in [1.82, 2.24) is 20.1 Å². The standard InChI is InChI=1S/C23H34N6/c1-5-28-12-14-29(15-13-28)22-11-10-21(16-25-22)17-26-23(24-3)27(4)18-20-8-6-19(2)7-9-20/h6-11,16H,5,12-15,17-18H2,1-4H3,(H,24,26). The van der Waals surface area contributed by atoms with Crippen molar-refractivity contribution in [2.45, 2.75) is 26.9 Å². The number of aliphatic imine (C=N–C) groups is 1. The van der Waals surface area contributed by atoms with Crippen molar-refractivity contribution >= 4 is 11.8 Å². The molecule has 0 radical (unpaired) electrons. The van der Waals surface area contributed by atoms with Gasteiger partial charge in [0.25, 0.3) is 0 Å². The second-order valence-corrected chi connectivity index (χ2v) is 7.69. The van der Waals surface area contributed by atoms with Gasteiger partial charge in [-0.2, -0.15) is 0 Å². The van der Waals surface area contributed by atoms with E-state index < -0.39 is 0 Å². The fraction of sp³-hybridized carbons (Fsp3) is 0.478. The van der Waals surface area contributed by atoms with Crippen LogP contribution in [0.2, 0.25) is 0 Å². The highest BCUT2D eigenvalue weighted by Gasteiger charge is 2.16. The molecule has 0 unspecified atom stereocenters. The Morgan fingerprint density at radius 2 is 1.76 bits per heavy atom. The Hall–Kier alpha value is -2.60. The minimum Gasteiger partial charge on any atom is -0.354 e. The van der Waals surface area contributed by atoms with Gasteiger partial charge in [0, 0.05) is 59.6 Å². The maximum absolute atomic E-state index is 4.69. The molecule has 0 amide bonds. The molecular weight excluding hydrogens is 360 g/mol. The predicted molar refractivity (Wildman–Crippen MR) is 121 cm³/mol. The van der Waals surface area contributed by atoms with Gasteiger partial charge in [0.05, 0.1) is 0 Å². The van der Waals surface area contributed by atoms with Crippen LogP contribution >= 0.6 is 0 Å². The number of pyridine rings is 1. The van der Waals surface area contributed by atoms with Crippen LogP contribution in [0.4, 0.5) is 5.82 Å². The molecule has 0 atom stereocenters. The van der Waals surface area contributed by atoms with Gasteiger partial charge < -0.3 is 20.0 Å². The number of hydrogen-bond donors (Lipinski definition) is 1. The number of nitrogens with one attached hydrogen (secondary N) is 1. The van der Waals surface area contributed by atoms with Crippen LogP contribution in [-0.2, 0) is 13.1 Å². The number of aryl methyl sites for hydroxylation is 1. The number of piperazine rings is 1. The first-order valence-corrected chi connectivity index (χ1v) is 10.5. The van der Waals surface area contributed by atoms with Gasteiger partial charge in [-0.3, -0.25) is 4.99 Å². The number of rotatable bonds is 6. The molecule has 29 heavy (non-hydrogen) atoms. The molecule has 0 saturated carbocycles. The van der Waals surface area contributed by atoms with Gasteiger partial charge in [0.1, 0.15) is 5.82 Å². The number of nitrogens with zero attached hydrogens (tertiary/aromatic N) is 5. The summed E-state index contributed by atoms with van der Waals surface area (Å²) in [4.78, 5) is 16.1. The average Bonchev–Trinajstić information content (AvgIpc) is 2.76. The minimum absolute atomic E-state index is 0.710. The summed E-state index contributed by atoms with van der Waals surface area (Å²) in [7, 11) is 3.89. The molecule has 6 nitrogen and oxygen atoms in total. The topological polar surface area (TPSA) is 47.0 Å². The molecule has 156 valence electrons. The Labute approximate surface area is 175 Å². The average molecular weight is 395 g/mol. The van der Waals surface area contributed by atoms with Crippen molar-refractivity contribution in [1.29, 1.82) is 0 Å². The van der Waals surface area contributed by atoms with E-state index in [0.29, 0.717) is 6.54 Å². The molecule has 1 aromatic carbocycles. The van der Waals surface area contributed by atoms with E-state index in [2.05, 4.69) is 82.3 Å². The third-order valence-corrected chi connectivity index (χ3v) is 5.52. The number of hydrogen-bond acceptors (Lipinski definition) is 4. The maximum Gasteiger partial charge on any atom is 0.193 e.